The summed E-state index contributed by atoms with van der Waals surface area (Å²) in [5.41, 5.74) is 2.41. The lowest BCUT2D eigenvalue weighted by Crippen LogP contribution is -2.28. The van der Waals surface area contributed by atoms with Crippen molar-refractivity contribution in [1.82, 2.24) is 5.32 Å². The van der Waals surface area contributed by atoms with E-state index < -0.39 is 0 Å². The normalized spacial score (nSPS) is 13.1. The number of anilines is 1. The maximum absolute atomic E-state index is 14.3. The van der Waals surface area contributed by atoms with E-state index in [4.69, 9.17) is 9.47 Å². The lowest BCUT2D eigenvalue weighted by Gasteiger charge is -2.17. The summed E-state index contributed by atoms with van der Waals surface area (Å²) in [5, 5.41) is 6.10. The van der Waals surface area contributed by atoms with Crippen LogP contribution in [0.4, 0.5) is 10.1 Å². The van der Waals surface area contributed by atoms with Crippen LogP contribution in [0.5, 0.6) is 5.75 Å². The fourth-order valence-corrected chi connectivity index (χ4v) is 4.63. The van der Waals surface area contributed by atoms with Crippen molar-refractivity contribution < 1.29 is 23.5 Å². The molecule has 30 heavy (non-hydrogen) atoms. The second-order valence-electron chi connectivity index (χ2n) is 6.93. The van der Waals surface area contributed by atoms with Gasteiger partial charge in [-0.15, -0.1) is 11.3 Å². The average molecular weight is 428 g/mol. The molecule has 0 saturated carbocycles. The van der Waals surface area contributed by atoms with Gasteiger partial charge in [0.1, 0.15) is 18.2 Å². The molecule has 3 aromatic rings. The Morgan fingerprint density at radius 1 is 1.27 bits per heavy atom. The first-order chi connectivity index (χ1) is 14.6. The lowest BCUT2D eigenvalue weighted by atomic mass is 10.0. The highest BCUT2D eigenvalue weighted by atomic mass is 32.1. The van der Waals surface area contributed by atoms with Crippen LogP contribution < -0.4 is 15.4 Å². The zero-order valence-corrected chi connectivity index (χ0v) is 17.2. The van der Waals surface area contributed by atoms with E-state index in [0.29, 0.717) is 45.7 Å². The maximum Gasteiger partial charge on any atom is 0.261 e. The number of ether oxygens (including phenoxy) is 2. The second-order valence-corrected chi connectivity index (χ2v) is 7.98. The molecule has 0 unspecified atom stereocenters. The SMILES string of the molecule is COCc1c(C(=O)NCCOc2ccc3c(c2)CCC(=O)N3)sc2cccc(F)c12. The number of methoxy groups -OCH3 is 1. The molecule has 0 radical (unpaired) electrons. The Morgan fingerprint density at radius 3 is 2.97 bits per heavy atom. The van der Waals surface area contributed by atoms with Crippen molar-refractivity contribution in [3.05, 3.63) is 58.2 Å². The average Bonchev–Trinajstić information content (AvgIpc) is 3.11. The van der Waals surface area contributed by atoms with Gasteiger partial charge in [-0.05, 0) is 42.3 Å². The number of amides is 2. The highest BCUT2D eigenvalue weighted by Crippen LogP contribution is 2.33. The first-order valence-corrected chi connectivity index (χ1v) is 10.4. The van der Waals surface area contributed by atoms with Crippen molar-refractivity contribution in [2.24, 2.45) is 0 Å². The van der Waals surface area contributed by atoms with Gasteiger partial charge >= 0.3 is 0 Å². The first-order valence-electron chi connectivity index (χ1n) is 9.59. The van der Waals surface area contributed by atoms with Crippen LogP contribution in [0.2, 0.25) is 0 Å². The molecule has 0 fully saturated rings. The zero-order valence-electron chi connectivity index (χ0n) is 16.4. The first kappa shape index (κ1) is 20.3. The molecule has 2 aromatic carbocycles. The molecule has 8 heteroatoms. The quantitative estimate of drug-likeness (QED) is 0.560. The fourth-order valence-electron chi connectivity index (χ4n) is 3.50. The van der Waals surface area contributed by atoms with Gasteiger partial charge in [-0.25, -0.2) is 4.39 Å². The molecule has 0 bridgehead atoms. The van der Waals surface area contributed by atoms with Crippen LogP contribution in [0.3, 0.4) is 0 Å². The molecule has 0 saturated heterocycles. The third kappa shape index (κ3) is 4.15. The van der Waals surface area contributed by atoms with Crippen molar-refractivity contribution in [2.75, 3.05) is 25.6 Å². The van der Waals surface area contributed by atoms with E-state index in [-0.39, 0.29) is 30.8 Å². The number of nitrogens with one attached hydrogen (secondary N) is 2. The minimum atomic E-state index is -0.359. The van der Waals surface area contributed by atoms with E-state index in [1.165, 1.54) is 24.5 Å². The van der Waals surface area contributed by atoms with Crippen molar-refractivity contribution in [3.63, 3.8) is 0 Å². The van der Waals surface area contributed by atoms with Crippen LogP contribution in [-0.2, 0) is 22.6 Å². The Morgan fingerprint density at radius 2 is 2.13 bits per heavy atom. The fraction of sp³-hybridized carbons (Fsp3) is 0.273. The second kappa shape index (κ2) is 8.81. The number of carbonyl (C=O) groups excluding carboxylic acids is 2. The van der Waals surface area contributed by atoms with E-state index in [2.05, 4.69) is 10.6 Å². The number of hydrogen-bond acceptors (Lipinski definition) is 5. The molecule has 1 aliphatic heterocycles. The summed E-state index contributed by atoms with van der Waals surface area (Å²) in [6.45, 7) is 0.747. The van der Waals surface area contributed by atoms with E-state index >= 15 is 0 Å². The number of fused-ring (bicyclic) bond motifs is 2. The van der Waals surface area contributed by atoms with Crippen molar-refractivity contribution >= 4 is 38.9 Å². The summed E-state index contributed by atoms with van der Waals surface area (Å²) in [5.74, 6) is 0.0668. The maximum atomic E-state index is 14.3. The highest BCUT2D eigenvalue weighted by Gasteiger charge is 2.20. The number of aryl methyl sites for hydroxylation is 1. The van der Waals surface area contributed by atoms with Crippen LogP contribution in [-0.4, -0.2) is 32.1 Å². The summed E-state index contributed by atoms with van der Waals surface area (Å²) < 4.78 is 25.9. The number of halogens is 1. The molecule has 0 aliphatic carbocycles. The number of benzene rings is 2. The summed E-state index contributed by atoms with van der Waals surface area (Å²) in [6.07, 6.45) is 1.14. The Bertz CT molecular complexity index is 1110. The predicted molar refractivity (Wildman–Crippen MR) is 114 cm³/mol. The Labute approximate surface area is 177 Å². The zero-order chi connectivity index (χ0) is 21.1. The van der Waals surface area contributed by atoms with Crippen molar-refractivity contribution in [3.8, 4) is 5.75 Å². The summed E-state index contributed by atoms with van der Waals surface area (Å²) >= 11 is 1.25. The molecule has 2 heterocycles. The molecule has 1 aromatic heterocycles. The summed E-state index contributed by atoms with van der Waals surface area (Å²) in [6, 6.07) is 10.3. The van der Waals surface area contributed by atoms with Gasteiger partial charge in [0.25, 0.3) is 5.91 Å². The minimum absolute atomic E-state index is 0.0212. The molecule has 0 atom stereocenters. The number of hydrogen-bond donors (Lipinski definition) is 2. The lowest BCUT2D eigenvalue weighted by molar-refractivity contribution is -0.116. The van der Waals surface area contributed by atoms with Gasteiger partial charge in [-0.3, -0.25) is 9.59 Å². The molecular formula is C22H21FN2O4S. The monoisotopic (exact) mass is 428 g/mol. The van der Waals surface area contributed by atoms with E-state index in [9.17, 15) is 14.0 Å². The molecule has 2 N–H and O–H groups in total. The molecule has 4 rings (SSSR count). The molecular weight excluding hydrogens is 407 g/mol. The number of carbonyl (C=O) groups is 2. The summed E-state index contributed by atoms with van der Waals surface area (Å²) in [4.78, 5) is 24.6. The van der Waals surface area contributed by atoms with Gasteiger partial charge in [0.05, 0.1) is 18.0 Å². The van der Waals surface area contributed by atoms with Gasteiger partial charge in [-0.1, -0.05) is 6.07 Å². The number of rotatable bonds is 7. The van der Waals surface area contributed by atoms with Crippen LogP contribution in [0.15, 0.2) is 36.4 Å². The van der Waals surface area contributed by atoms with Crippen LogP contribution in [0.1, 0.15) is 27.2 Å². The topological polar surface area (TPSA) is 76.7 Å². The van der Waals surface area contributed by atoms with Crippen LogP contribution in [0, 0.1) is 5.82 Å². The van der Waals surface area contributed by atoms with Gasteiger partial charge < -0.3 is 20.1 Å². The van der Waals surface area contributed by atoms with E-state index in [0.717, 1.165) is 11.3 Å². The third-order valence-electron chi connectivity index (χ3n) is 4.89. The van der Waals surface area contributed by atoms with E-state index in [1.54, 1.807) is 18.2 Å². The molecule has 1 aliphatic rings. The largest absolute Gasteiger partial charge is 0.492 e. The molecule has 6 nitrogen and oxygen atoms in total. The van der Waals surface area contributed by atoms with Gasteiger partial charge in [0.15, 0.2) is 0 Å². The van der Waals surface area contributed by atoms with Crippen LogP contribution >= 0.6 is 11.3 Å². The third-order valence-corrected chi connectivity index (χ3v) is 6.08. The van der Waals surface area contributed by atoms with Gasteiger partial charge in [0.2, 0.25) is 5.91 Å². The standard InChI is InChI=1S/C22H21FN2O4S/c1-28-12-15-20-16(23)3-2-4-18(20)30-21(15)22(27)24-9-10-29-14-6-7-17-13(11-14)5-8-19(26)25-17/h2-4,6-7,11H,5,8-10,12H2,1H3,(H,24,27)(H,25,26). The van der Waals surface area contributed by atoms with E-state index in [1.807, 2.05) is 12.1 Å². The number of thiophene rings is 1. The van der Waals surface area contributed by atoms with Gasteiger partial charge in [0, 0.05) is 34.9 Å². The van der Waals surface area contributed by atoms with Crippen molar-refractivity contribution in [2.45, 2.75) is 19.4 Å². The van der Waals surface area contributed by atoms with Crippen LogP contribution in [0.25, 0.3) is 10.1 Å². The van der Waals surface area contributed by atoms with Crippen molar-refractivity contribution in [1.29, 1.82) is 0 Å². The molecule has 156 valence electrons. The minimum Gasteiger partial charge on any atom is -0.492 e. The molecule has 2 amide bonds. The Balaban J connectivity index is 1.38. The Kier molecular flexibility index (Phi) is 5.96. The highest BCUT2D eigenvalue weighted by molar-refractivity contribution is 7.21. The molecule has 0 spiro atoms. The predicted octanol–water partition coefficient (Wildman–Crippen LogP) is 3.88. The smallest absolute Gasteiger partial charge is 0.261 e. The Hall–Kier alpha value is -2.97. The van der Waals surface area contributed by atoms with Gasteiger partial charge in [-0.2, -0.15) is 0 Å². The summed E-state index contributed by atoms with van der Waals surface area (Å²) in [7, 11) is 1.52.